The number of nitrogens with zero attached hydrogens (tertiary/aromatic N) is 2. The van der Waals surface area contributed by atoms with Gasteiger partial charge in [0.2, 0.25) is 12.7 Å². The summed E-state index contributed by atoms with van der Waals surface area (Å²) in [6.07, 6.45) is 5.19. The van der Waals surface area contributed by atoms with Crippen molar-refractivity contribution in [3.63, 3.8) is 0 Å². The third-order valence-corrected chi connectivity index (χ3v) is 7.24. The van der Waals surface area contributed by atoms with Crippen LogP contribution < -0.4 is 23.7 Å². The van der Waals surface area contributed by atoms with Crippen LogP contribution in [0.5, 0.6) is 28.9 Å². The lowest BCUT2D eigenvalue weighted by Gasteiger charge is -2.14. The van der Waals surface area contributed by atoms with Crippen molar-refractivity contribution in [3.8, 4) is 40.0 Å². The average Bonchev–Trinajstić information content (AvgIpc) is 3.68. The Hall–Kier alpha value is -5.52. The number of aromatic nitrogens is 2. The van der Waals surface area contributed by atoms with Crippen LogP contribution in [0.1, 0.15) is 52.7 Å². The zero-order chi connectivity index (χ0) is 31.9. The van der Waals surface area contributed by atoms with E-state index in [9.17, 15) is 19.8 Å². The molecule has 1 aliphatic heterocycles. The Morgan fingerprint density at radius 3 is 2.49 bits per heavy atom. The van der Waals surface area contributed by atoms with Crippen LogP contribution in [0, 0.1) is 0 Å². The zero-order valence-electron chi connectivity index (χ0n) is 25.0. The van der Waals surface area contributed by atoms with Crippen molar-refractivity contribution in [1.82, 2.24) is 10.1 Å². The topological polar surface area (TPSA) is 160 Å². The molecule has 12 nitrogen and oxygen atoms in total. The molecule has 0 saturated carbocycles. The van der Waals surface area contributed by atoms with Crippen LogP contribution >= 0.6 is 0 Å². The van der Waals surface area contributed by atoms with Gasteiger partial charge in [-0.1, -0.05) is 36.7 Å². The third-order valence-electron chi connectivity index (χ3n) is 7.24. The van der Waals surface area contributed by atoms with Crippen molar-refractivity contribution in [2.24, 2.45) is 0 Å². The van der Waals surface area contributed by atoms with Crippen LogP contribution in [-0.4, -0.2) is 53.3 Å². The second-order valence-electron chi connectivity index (χ2n) is 10.1. The maximum Gasteiger partial charge on any atom is 0.336 e. The van der Waals surface area contributed by atoms with Crippen molar-refractivity contribution in [2.75, 3.05) is 21.0 Å². The van der Waals surface area contributed by atoms with Gasteiger partial charge in [0.25, 0.3) is 0 Å². The third kappa shape index (κ3) is 6.85. The number of aliphatic carboxylic acids is 1. The normalized spacial score (nSPS) is 12.2. The predicted molar refractivity (Wildman–Crippen MR) is 161 cm³/mol. The summed E-state index contributed by atoms with van der Waals surface area (Å²) in [5.74, 6) is 0.00738. The monoisotopic (exact) mass is 616 g/mol. The standard InChI is InChI=1S/C33H32N2O10/c1-4-5-10-24-31(23-16-34-30(41-3)15-26(23)42-17-19-8-6-7-9-22(19)33(38)39)29(45-35-24)13-21(32(36)37)11-20-12-27-28(44-18-43-27)14-25(20)40-2/h6-9,12-16H,4-5,10-11,17-18H2,1-3H3,(H,36,37)(H,38,39)/b21-13+. The molecular formula is C33H32N2O10. The maximum atomic E-state index is 12.5. The van der Waals surface area contributed by atoms with Gasteiger partial charge < -0.3 is 38.4 Å². The lowest BCUT2D eigenvalue weighted by Crippen LogP contribution is -2.07. The van der Waals surface area contributed by atoms with Crippen LogP contribution in [0.3, 0.4) is 0 Å². The molecule has 5 rings (SSSR count). The van der Waals surface area contributed by atoms with Gasteiger partial charge in [0.1, 0.15) is 18.1 Å². The number of carboxylic acids is 2. The maximum absolute atomic E-state index is 12.5. The number of unbranched alkanes of at least 4 members (excludes halogenated alkanes) is 1. The molecule has 4 aromatic rings. The number of methoxy groups -OCH3 is 2. The Balaban J connectivity index is 1.58. The first-order chi connectivity index (χ1) is 21.8. The Labute approximate surface area is 258 Å². The number of rotatable bonds is 14. The van der Waals surface area contributed by atoms with E-state index in [0.717, 1.165) is 12.8 Å². The van der Waals surface area contributed by atoms with Gasteiger partial charge in [-0.15, -0.1) is 0 Å². The van der Waals surface area contributed by atoms with Crippen molar-refractivity contribution >= 4 is 18.0 Å². The molecule has 0 radical (unpaired) electrons. The van der Waals surface area contributed by atoms with E-state index in [-0.39, 0.29) is 42.6 Å². The van der Waals surface area contributed by atoms with E-state index in [0.29, 0.717) is 57.4 Å². The van der Waals surface area contributed by atoms with Crippen LogP contribution in [0.15, 0.2) is 58.8 Å². The highest BCUT2D eigenvalue weighted by atomic mass is 16.7. The first-order valence-electron chi connectivity index (χ1n) is 14.2. The highest BCUT2D eigenvalue weighted by molar-refractivity contribution is 5.94. The van der Waals surface area contributed by atoms with E-state index < -0.39 is 11.9 Å². The quantitative estimate of drug-likeness (QED) is 0.164. The molecule has 3 heterocycles. The molecular weight excluding hydrogens is 584 g/mol. The fourth-order valence-electron chi connectivity index (χ4n) is 4.93. The number of aromatic carboxylic acids is 1. The molecule has 234 valence electrons. The van der Waals surface area contributed by atoms with Crippen molar-refractivity contribution in [3.05, 3.63) is 82.4 Å². The van der Waals surface area contributed by atoms with Gasteiger partial charge in [-0.05, 0) is 31.1 Å². The molecule has 2 aromatic heterocycles. The molecule has 2 aromatic carbocycles. The highest BCUT2D eigenvalue weighted by Crippen LogP contribution is 2.41. The average molecular weight is 617 g/mol. The number of benzene rings is 2. The molecule has 2 N–H and O–H groups in total. The number of carboxylic acid groups (broad SMARTS) is 2. The summed E-state index contributed by atoms with van der Waals surface area (Å²) < 4.78 is 33.7. The van der Waals surface area contributed by atoms with E-state index in [1.807, 2.05) is 6.92 Å². The summed E-state index contributed by atoms with van der Waals surface area (Å²) in [6.45, 7) is 2.05. The van der Waals surface area contributed by atoms with Gasteiger partial charge in [-0.2, -0.15) is 0 Å². The molecule has 0 unspecified atom stereocenters. The van der Waals surface area contributed by atoms with E-state index in [1.54, 1.807) is 36.4 Å². The van der Waals surface area contributed by atoms with E-state index in [2.05, 4.69) is 10.1 Å². The fourth-order valence-corrected chi connectivity index (χ4v) is 4.93. The Bertz CT molecular complexity index is 1740. The molecule has 12 heteroatoms. The summed E-state index contributed by atoms with van der Waals surface area (Å²) in [6, 6.07) is 11.5. The molecule has 0 amide bonds. The first kappa shape index (κ1) is 30.9. The number of aryl methyl sites for hydroxylation is 1. The second kappa shape index (κ2) is 13.8. The summed E-state index contributed by atoms with van der Waals surface area (Å²) in [7, 11) is 2.96. The predicted octanol–water partition coefficient (Wildman–Crippen LogP) is 5.81. The van der Waals surface area contributed by atoms with E-state index in [4.69, 9.17) is 28.2 Å². The van der Waals surface area contributed by atoms with Gasteiger partial charge in [0, 0.05) is 47.0 Å². The molecule has 0 atom stereocenters. The number of hydrogen-bond donors (Lipinski definition) is 2. The SMILES string of the molecule is CCCCc1noc(/C=C(\Cc2cc3c(cc2OC)OCO3)C(=O)O)c1-c1cnc(OC)cc1OCc1ccccc1C(=O)O. The number of hydrogen-bond acceptors (Lipinski definition) is 10. The molecule has 0 bridgehead atoms. The van der Waals surface area contributed by atoms with Gasteiger partial charge in [-0.3, -0.25) is 0 Å². The summed E-state index contributed by atoms with van der Waals surface area (Å²) in [4.78, 5) is 28.7. The highest BCUT2D eigenvalue weighted by Gasteiger charge is 2.25. The van der Waals surface area contributed by atoms with Crippen molar-refractivity contribution < 1.29 is 48.0 Å². The molecule has 0 spiro atoms. The van der Waals surface area contributed by atoms with Gasteiger partial charge >= 0.3 is 11.9 Å². The van der Waals surface area contributed by atoms with Crippen molar-refractivity contribution in [2.45, 2.75) is 39.2 Å². The van der Waals surface area contributed by atoms with Crippen LogP contribution in [0.25, 0.3) is 17.2 Å². The number of carbonyl (C=O) groups is 2. The largest absolute Gasteiger partial charge is 0.496 e. The lowest BCUT2D eigenvalue weighted by atomic mass is 9.98. The minimum atomic E-state index is -1.17. The minimum absolute atomic E-state index is 0.00549. The van der Waals surface area contributed by atoms with Crippen LogP contribution in [0.4, 0.5) is 0 Å². The Kier molecular flexibility index (Phi) is 9.51. The molecule has 1 aliphatic rings. The summed E-state index contributed by atoms with van der Waals surface area (Å²) >= 11 is 0. The molecule has 0 fully saturated rings. The zero-order valence-corrected chi connectivity index (χ0v) is 25.0. The smallest absolute Gasteiger partial charge is 0.336 e. The first-order valence-corrected chi connectivity index (χ1v) is 14.2. The number of pyridine rings is 1. The fraction of sp³-hybridized carbons (Fsp3) is 0.273. The molecule has 45 heavy (non-hydrogen) atoms. The van der Waals surface area contributed by atoms with E-state index >= 15 is 0 Å². The van der Waals surface area contributed by atoms with Crippen molar-refractivity contribution in [1.29, 1.82) is 0 Å². The van der Waals surface area contributed by atoms with Gasteiger partial charge in [-0.25, -0.2) is 14.6 Å². The Morgan fingerprint density at radius 1 is 1.00 bits per heavy atom. The number of ether oxygens (including phenoxy) is 5. The number of fused-ring (bicyclic) bond motifs is 1. The van der Waals surface area contributed by atoms with Crippen LogP contribution in [-0.2, 0) is 24.2 Å². The van der Waals surface area contributed by atoms with Gasteiger partial charge in [0.15, 0.2) is 17.3 Å². The molecule has 0 aliphatic carbocycles. The summed E-state index contributed by atoms with van der Waals surface area (Å²) in [5, 5.41) is 24.2. The van der Waals surface area contributed by atoms with E-state index in [1.165, 1.54) is 32.6 Å². The van der Waals surface area contributed by atoms with Gasteiger partial charge in [0.05, 0.1) is 31.0 Å². The summed E-state index contributed by atoms with van der Waals surface area (Å²) in [5.41, 5.74) is 2.75. The minimum Gasteiger partial charge on any atom is -0.496 e. The second-order valence-corrected chi connectivity index (χ2v) is 10.1. The molecule has 0 saturated heterocycles. The Morgan fingerprint density at radius 2 is 1.78 bits per heavy atom. The van der Waals surface area contributed by atoms with Crippen LogP contribution in [0.2, 0.25) is 0 Å². The lowest BCUT2D eigenvalue weighted by molar-refractivity contribution is -0.132.